The van der Waals surface area contributed by atoms with Gasteiger partial charge < -0.3 is 23.7 Å². The van der Waals surface area contributed by atoms with Crippen LogP contribution in [0.1, 0.15) is 0 Å². The Labute approximate surface area is 128 Å². The summed E-state index contributed by atoms with van der Waals surface area (Å²) in [7, 11) is 3.30. The van der Waals surface area contributed by atoms with E-state index < -0.39 is 0 Å². The van der Waals surface area contributed by atoms with Gasteiger partial charge >= 0.3 is 37.7 Å². The van der Waals surface area contributed by atoms with Gasteiger partial charge in [-0.2, -0.15) is 0 Å². The van der Waals surface area contributed by atoms with Crippen LogP contribution in [0.2, 0.25) is 0 Å². The van der Waals surface area contributed by atoms with E-state index in [9.17, 15) is 0 Å². The molecule has 0 N–H and O–H groups in total. The van der Waals surface area contributed by atoms with Crippen LogP contribution in [0, 0.1) is 0 Å². The molecule has 0 atom stereocenters. The van der Waals surface area contributed by atoms with E-state index in [1.165, 1.54) is 0 Å². The molecule has 0 aromatic rings. The molecule has 0 aliphatic heterocycles. The standard InChI is InChI=1S/C10H22O5.2Li.2H/c1-11-3-5-13-7-9-15-10-8-14-6-4-12-2;;;;/h3-10H2,1-2H3;;;;. The van der Waals surface area contributed by atoms with E-state index in [2.05, 4.69) is 0 Å². The average Bonchev–Trinajstić information content (AvgIpc) is 2.26. The molecule has 17 heavy (non-hydrogen) atoms. The predicted octanol–water partition coefficient (Wildman–Crippen LogP) is -0.968. The minimum atomic E-state index is 0. The molecule has 0 unspecified atom stereocenters. The summed E-state index contributed by atoms with van der Waals surface area (Å²) >= 11 is 0. The number of hydrogen-bond donors (Lipinski definition) is 0. The van der Waals surface area contributed by atoms with Gasteiger partial charge in [0.15, 0.2) is 0 Å². The Bertz CT molecular complexity index is 107. The van der Waals surface area contributed by atoms with Gasteiger partial charge in [0.25, 0.3) is 0 Å². The van der Waals surface area contributed by atoms with Crippen LogP contribution < -0.4 is 0 Å². The molecule has 0 saturated heterocycles. The Kier molecular flexibility index (Phi) is 30.2. The molecule has 0 bridgehead atoms. The van der Waals surface area contributed by atoms with E-state index in [0.717, 1.165) is 0 Å². The molecule has 0 heterocycles. The van der Waals surface area contributed by atoms with Gasteiger partial charge in [-0.15, -0.1) is 0 Å². The van der Waals surface area contributed by atoms with Crippen LogP contribution in [-0.4, -0.2) is 105 Å². The maximum atomic E-state index is 5.26. The van der Waals surface area contributed by atoms with Gasteiger partial charge in [-0.3, -0.25) is 0 Å². The summed E-state index contributed by atoms with van der Waals surface area (Å²) < 4.78 is 25.3. The molecule has 5 nitrogen and oxygen atoms in total. The average molecular weight is 238 g/mol. The monoisotopic (exact) mass is 238 g/mol. The second-order valence-corrected chi connectivity index (χ2v) is 2.82. The Hall–Kier alpha value is 0.995. The van der Waals surface area contributed by atoms with E-state index in [1.54, 1.807) is 14.2 Å². The topological polar surface area (TPSA) is 46.2 Å². The molecule has 0 aromatic heterocycles. The predicted molar refractivity (Wildman–Crippen MR) is 70.5 cm³/mol. The molecule has 0 aliphatic carbocycles. The zero-order valence-electron chi connectivity index (χ0n) is 9.70. The molecular formula is C10H24Li2O5. The van der Waals surface area contributed by atoms with Crippen molar-refractivity contribution in [2.45, 2.75) is 0 Å². The quantitative estimate of drug-likeness (QED) is 0.323. The summed E-state index contributed by atoms with van der Waals surface area (Å²) in [5.74, 6) is 0. The SMILES string of the molecule is COCCOCCOCCOCCOC.[LiH].[LiH]. The number of ether oxygens (including phenoxy) is 5. The molecular weight excluding hydrogens is 214 g/mol. The van der Waals surface area contributed by atoms with Gasteiger partial charge in [0, 0.05) is 14.2 Å². The van der Waals surface area contributed by atoms with Gasteiger partial charge in [0.2, 0.25) is 0 Å². The van der Waals surface area contributed by atoms with Crippen LogP contribution in [0.25, 0.3) is 0 Å². The molecule has 0 aliphatic rings. The van der Waals surface area contributed by atoms with Crippen molar-refractivity contribution in [3.63, 3.8) is 0 Å². The van der Waals surface area contributed by atoms with Crippen molar-refractivity contribution in [2.75, 3.05) is 67.1 Å². The van der Waals surface area contributed by atoms with Crippen molar-refractivity contribution >= 4 is 37.7 Å². The van der Waals surface area contributed by atoms with Crippen LogP contribution in [0.4, 0.5) is 0 Å². The molecule has 0 rings (SSSR count). The first-order valence-corrected chi connectivity index (χ1v) is 5.13. The van der Waals surface area contributed by atoms with E-state index in [-0.39, 0.29) is 37.7 Å². The summed E-state index contributed by atoms with van der Waals surface area (Å²) in [6.07, 6.45) is 0. The van der Waals surface area contributed by atoms with E-state index in [0.29, 0.717) is 52.9 Å². The Balaban J connectivity index is -0.000000980. The molecule has 0 spiro atoms. The Morgan fingerprint density at radius 1 is 0.471 bits per heavy atom. The normalized spacial score (nSPS) is 9.53. The van der Waals surface area contributed by atoms with E-state index in [4.69, 9.17) is 23.7 Å². The molecule has 0 radical (unpaired) electrons. The van der Waals surface area contributed by atoms with E-state index >= 15 is 0 Å². The van der Waals surface area contributed by atoms with Crippen LogP contribution in [-0.2, 0) is 23.7 Å². The summed E-state index contributed by atoms with van der Waals surface area (Å²) in [6, 6.07) is 0. The zero-order valence-corrected chi connectivity index (χ0v) is 9.70. The third-order valence-electron chi connectivity index (χ3n) is 1.61. The fourth-order valence-electron chi connectivity index (χ4n) is 0.826. The molecule has 7 heteroatoms. The number of rotatable bonds is 12. The maximum absolute atomic E-state index is 5.26. The van der Waals surface area contributed by atoms with Gasteiger partial charge in [-0.1, -0.05) is 0 Å². The van der Waals surface area contributed by atoms with Crippen molar-refractivity contribution in [1.82, 2.24) is 0 Å². The Morgan fingerprint density at radius 2 is 0.706 bits per heavy atom. The van der Waals surface area contributed by atoms with Crippen molar-refractivity contribution in [3.05, 3.63) is 0 Å². The second kappa shape index (κ2) is 22.2. The third kappa shape index (κ3) is 22.6. The molecule has 0 aromatic carbocycles. The van der Waals surface area contributed by atoms with Gasteiger partial charge in [0.05, 0.1) is 52.9 Å². The van der Waals surface area contributed by atoms with Crippen LogP contribution in [0.3, 0.4) is 0 Å². The first kappa shape index (κ1) is 23.1. The number of methoxy groups -OCH3 is 2. The molecule has 0 fully saturated rings. The van der Waals surface area contributed by atoms with Crippen molar-refractivity contribution in [1.29, 1.82) is 0 Å². The zero-order chi connectivity index (χ0) is 11.2. The van der Waals surface area contributed by atoms with E-state index in [1.807, 2.05) is 0 Å². The Morgan fingerprint density at radius 3 is 0.941 bits per heavy atom. The molecule has 0 saturated carbocycles. The fourth-order valence-corrected chi connectivity index (χ4v) is 0.826. The fraction of sp³-hybridized carbons (Fsp3) is 1.00. The van der Waals surface area contributed by atoms with Crippen molar-refractivity contribution in [2.24, 2.45) is 0 Å². The number of hydrogen-bond acceptors (Lipinski definition) is 5. The summed E-state index contributed by atoms with van der Waals surface area (Å²) in [6.45, 7) is 4.87. The summed E-state index contributed by atoms with van der Waals surface area (Å²) in [5, 5.41) is 0. The van der Waals surface area contributed by atoms with Crippen LogP contribution in [0.15, 0.2) is 0 Å². The third-order valence-corrected chi connectivity index (χ3v) is 1.61. The second-order valence-electron chi connectivity index (χ2n) is 2.82. The van der Waals surface area contributed by atoms with Gasteiger partial charge in [-0.25, -0.2) is 0 Å². The molecule has 0 amide bonds. The summed E-state index contributed by atoms with van der Waals surface area (Å²) in [4.78, 5) is 0. The first-order valence-electron chi connectivity index (χ1n) is 5.13. The van der Waals surface area contributed by atoms with Crippen LogP contribution >= 0.6 is 0 Å². The van der Waals surface area contributed by atoms with Gasteiger partial charge in [-0.05, 0) is 0 Å². The van der Waals surface area contributed by atoms with Crippen molar-refractivity contribution in [3.8, 4) is 0 Å². The minimum absolute atomic E-state index is 0. The first-order chi connectivity index (χ1) is 7.41. The summed E-state index contributed by atoms with van der Waals surface area (Å²) in [5.41, 5.74) is 0. The van der Waals surface area contributed by atoms with Crippen molar-refractivity contribution < 1.29 is 23.7 Å². The van der Waals surface area contributed by atoms with Crippen LogP contribution in [0.5, 0.6) is 0 Å². The van der Waals surface area contributed by atoms with Gasteiger partial charge in [0.1, 0.15) is 0 Å². The molecule has 96 valence electrons.